The van der Waals surface area contributed by atoms with Crippen molar-refractivity contribution < 1.29 is 8.83 Å². The summed E-state index contributed by atoms with van der Waals surface area (Å²) in [7, 11) is 0. The fourth-order valence-corrected chi connectivity index (χ4v) is 2.46. The third-order valence-corrected chi connectivity index (χ3v) is 3.28. The number of aryl methyl sites for hydroxylation is 2. The lowest BCUT2D eigenvalue weighted by Gasteiger charge is -2.06. The van der Waals surface area contributed by atoms with Crippen LogP contribution in [0.15, 0.2) is 38.1 Å². The van der Waals surface area contributed by atoms with E-state index in [1.165, 1.54) is 0 Å². The highest BCUT2D eigenvalue weighted by Crippen LogP contribution is 2.30. The molecule has 0 aliphatic rings. The van der Waals surface area contributed by atoms with E-state index in [1.54, 1.807) is 12.3 Å². The Morgan fingerprint density at radius 2 is 2.06 bits per heavy atom. The van der Waals surface area contributed by atoms with E-state index in [2.05, 4.69) is 6.92 Å². The smallest absolute Gasteiger partial charge is 0.336 e. The molecule has 3 rings (SSSR count). The number of rotatable bonds is 2. The molecule has 1 aromatic carbocycles. The Bertz CT molecular complexity index is 777. The molecule has 3 nitrogen and oxygen atoms in total. The molecule has 0 bridgehead atoms. The first-order valence-electron chi connectivity index (χ1n) is 6.14. The average Bonchev–Trinajstić information content (AvgIpc) is 2.80. The van der Waals surface area contributed by atoms with Gasteiger partial charge in [-0.25, -0.2) is 4.79 Å². The van der Waals surface area contributed by atoms with Gasteiger partial charge in [0.2, 0.25) is 0 Å². The molecule has 0 saturated heterocycles. The molecule has 0 aliphatic carbocycles. The van der Waals surface area contributed by atoms with E-state index in [9.17, 15) is 4.79 Å². The van der Waals surface area contributed by atoms with Gasteiger partial charge in [-0.1, -0.05) is 13.3 Å². The molecule has 0 unspecified atom stereocenters. The molecular weight excluding hydrogens is 228 g/mol. The van der Waals surface area contributed by atoms with Crippen LogP contribution in [0.5, 0.6) is 0 Å². The SMILES string of the molecule is CCCc1cc(=O)oc2c(C)c3occc3cc12. The van der Waals surface area contributed by atoms with Crippen LogP contribution in [0.2, 0.25) is 0 Å². The second-order valence-electron chi connectivity index (χ2n) is 4.56. The molecule has 2 heterocycles. The monoisotopic (exact) mass is 242 g/mol. The zero-order chi connectivity index (χ0) is 12.7. The Morgan fingerprint density at radius 3 is 2.83 bits per heavy atom. The van der Waals surface area contributed by atoms with Crippen molar-refractivity contribution in [3.05, 3.63) is 46.0 Å². The molecule has 18 heavy (non-hydrogen) atoms. The molecule has 0 atom stereocenters. The highest BCUT2D eigenvalue weighted by molar-refractivity contribution is 5.98. The Kier molecular flexibility index (Phi) is 2.47. The van der Waals surface area contributed by atoms with E-state index in [0.29, 0.717) is 5.58 Å². The summed E-state index contributed by atoms with van der Waals surface area (Å²) in [4.78, 5) is 11.6. The second-order valence-corrected chi connectivity index (χ2v) is 4.56. The highest BCUT2D eigenvalue weighted by atomic mass is 16.4. The predicted octanol–water partition coefficient (Wildman–Crippen LogP) is 3.80. The van der Waals surface area contributed by atoms with E-state index in [-0.39, 0.29) is 5.63 Å². The van der Waals surface area contributed by atoms with Crippen LogP contribution in [0.4, 0.5) is 0 Å². The maximum atomic E-state index is 11.6. The van der Waals surface area contributed by atoms with Gasteiger partial charge in [0.05, 0.1) is 6.26 Å². The summed E-state index contributed by atoms with van der Waals surface area (Å²) in [6.45, 7) is 4.02. The molecule has 3 aromatic rings. The van der Waals surface area contributed by atoms with Crippen molar-refractivity contribution in [3.8, 4) is 0 Å². The predicted molar refractivity (Wildman–Crippen MR) is 71.0 cm³/mol. The first kappa shape index (κ1) is 11.1. The van der Waals surface area contributed by atoms with E-state index >= 15 is 0 Å². The first-order chi connectivity index (χ1) is 8.70. The summed E-state index contributed by atoms with van der Waals surface area (Å²) in [5.74, 6) is 0. The van der Waals surface area contributed by atoms with Crippen LogP contribution in [-0.4, -0.2) is 0 Å². The molecule has 0 spiro atoms. The standard InChI is InChI=1S/C15H14O3/c1-3-4-10-8-13(16)18-15-9(2)14-11(5-6-17-14)7-12(10)15/h5-8H,3-4H2,1-2H3. The molecule has 2 aromatic heterocycles. The van der Waals surface area contributed by atoms with E-state index in [1.807, 2.05) is 19.1 Å². The van der Waals surface area contributed by atoms with Gasteiger partial charge < -0.3 is 8.83 Å². The molecule has 0 radical (unpaired) electrons. The van der Waals surface area contributed by atoms with Gasteiger partial charge in [-0.05, 0) is 31.0 Å². The molecule has 0 fully saturated rings. The maximum absolute atomic E-state index is 11.6. The molecule has 3 heteroatoms. The lowest BCUT2D eigenvalue weighted by molar-refractivity contribution is 0.554. The Balaban J connectivity index is 2.49. The van der Waals surface area contributed by atoms with Crippen LogP contribution < -0.4 is 5.63 Å². The Morgan fingerprint density at radius 1 is 1.22 bits per heavy atom. The summed E-state index contributed by atoms with van der Waals surface area (Å²) in [5, 5.41) is 2.06. The maximum Gasteiger partial charge on any atom is 0.336 e. The Hall–Kier alpha value is -2.03. The summed E-state index contributed by atoms with van der Waals surface area (Å²) in [5.41, 5.74) is 3.09. The number of hydrogen-bond donors (Lipinski definition) is 0. The minimum absolute atomic E-state index is 0.292. The van der Waals surface area contributed by atoms with Crippen LogP contribution >= 0.6 is 0 Å². The fraction of sp³-hybridized carbons (Fsp3) is 0.267. The largest absolute Gasteiger partial charge is 0.464 e. The van der Waals surface area contributed by atoms with Crippen molar-refractivity contribution in [1.29, 1.82) is 0 Å². The number of hydrogen-bond acceptors (Lipinski definition) is 3. The molecule has 0 aliphatic heterocycles. The van der Waals surface area contributed by atoms with Crippen LogP contribution in [0.3, 0.4) is 0 Å². The first-order valence-corrected chi connectivity index (χ1v) is 6.14. The molecule has 0 saturated carbocycles. The summed E-state index contributed by atoms with van der Waals surface area (Å²) in [6.07, 6.45) is 3.54. The van der Waals surface area contributed by atoms with Gasteiger partial charge in [-0.3, -0.25) is 0 Å². The van der Waals surface area contributed by atoms with Gasteiger partial charge in [0.15, 0.2) is 0 Å². The van der Waals surface area contributed by atoms with Gasteiger partial charge in [-0.15, -0.1) is 0 Å². The van der Waals surface area contributed by atoms with Crippen molar-refractivity contribution in [2.24, 2.45) is 0 Å². The Labute approximate surface area is 104 Å². The normalized spacial score (nSPS) is 11.4. The van der Waals surface area contributed by atoms with E-state index < -0.39 is 0 Å². The lowest BCUT2D eigenvalue weighted by Crippen LogP contribution is -2.01. The van der Waals surface area contributed by atoms with E-state index in [4.69, 9.17) is 8.83 Å². The van der Waals surface area contributed by atoms with Crippen LogP contribution in [-0.2, 0) is 6.42 Å². The van der Waals surface area contributed by atoms with Crippen molar-refractivity contribution in [2.75, 3.05) is 0 Å². The van der Waals surface area contributed by atoms with Crippen molar-refractivity contribution in [2.45, 2.75) is 26.7 Å². The quantitative estimate of drug-likeness (QED) is 0.642. The molecule has 92 valence electrons. The summed E-state index contributed by atoms with van der Waals surface area (Å²) < 4.78 is 10.8. The molecule has 0 amide bonds. The van der Waals surface area contributed by atoms with Crippen molar-refractivity contribution >= 4 is 21.9 Å². The van der Waals surface area contributed by atoms with Crippen LogP contribution in [0.25, 0.3) is 21.9 Å². The molecular formula is C15H14O3. The second kappa shape index (κ2) is 4.02. The minimum Gasteiger partial charge on any atom is -0.464 e. The highest BCUT2D eigenvalue weighted by Gasteiger charge is 2.12. The third-order valence-electron chi connectivity index (χ3n) is 3.28. The topological polar surface area (TPSA) is 43.4 Å². The van der Waals surface area contributed by atoms with Crippen molar-refractivity contribution in [3.63, 3.8) is 0 Å². The van der Waals surface area contributed by atoms with Gasteiger partial charge >= 0.3 is 5.63 Å². The molecule has 0 N–H and O–H groups in total. The zero-order valence-electron chi connectivity index (χ0n) is 10.4. The van der Waals surface area contributed by atoms with Gasteiger partial charge in [0.1, 0.15) is 11.2 Å². The van der Waals surface area contributed by atoms with Crippen molar-refractivity contribution in [1.82, 2.24) is 0 Å². The van der Waals surface area contributed by atoms with E-state index in [0.717, 1.165) is 40.3 Å². The fourth-order valence-electron chi connectivity index (χ4n) is 2.46. The summed E-state index contributed by atoms with van der Waals surface area (Å²) >= 11 is 0. The van der Waals surface area contributed by atoms with Gasteiger partial charge in [-0.2, -0.15) is 0 Å². The zero-order valence-corrected chi connectivity index (χ0v) is 10.4. The lowest BCUT2D eigenvalue weighted by atomic mass is 10.0. The van der Waals surface area contributed by atoms with Crippen LogP contribution in [0, 0.1) is 6.92 Å². The minimum atomic E-state index is -0.292. The number of fused-ring (bicyclic) bond motifs is 2. The van der Waals surface area contributed by atoms with Gasteiger partial charge in [0, 0.05) is 22.4 Å². The average molecular weight is 242 g/mol. The summed E-state index contributed by atoms with van der Waals surface area (Å²) in [6, 6.07) is 5.56. The van der Waals surface area contributed by atoms with Crippen LogP contribution in [0.1, 0.15) is 24.5 Å². The third kappa shape index (κ3) is 1.55. The number of furan rings is 1. The van der Waals surface area contributed by atoms with Gasteiger partial charge in [0.25, 0.3) is 0 Å². The number of benzene rings is 1.